The fourth-order valence-corrected chi connectivity index (χ4v) is 1.63. The van der Waals surface area contributed by atoms with Gasteiger partial charge in [0.2, 0.25) is 0 Å². The van der Waals surface area contributed by atoms with Crippen molar-refractivity contribution in [3.63, 3.8) is 0 Å². The SMILES string of the molecule is CCCCCC#Cc1cc(Cl)nc(Cl)c1. The zero-order valence-electron chi connectivity index (χ0n) is 8.69. The highest BCUT2D eigenvalue weighted by Gasteiger charge is 1.95. The van der Waals surface area contributed by atoms with Crippen LogP contribution >= 0.6 is 23.2 Å². The maximum absolute atomic E-state index is 5.75. The number of hydrogen-bond donors (Lipinski definition) is 0. The summed E-state index contributed by atoms with van der Waals surface area (Å²) in [5.74, 6) is 6.12. The van der Waals surface area contributed by atoms with Crippen molar-refractivity contribution in [2.24, 2.45) is 0 Å². The first-order chi connectivity index (χ1) is 7.22. The third-order valence-corrected chi connectivity index (χ3v) is 2.29. The van der Waals surface area contributed by atoms with Crippen molar-refractivity contribution >= 4 is 23.2 Å². The molecule has 1 heterocycles. The molecule has 0 saturated carbocycles. The maximum Gasteiger partial charge on any atom is 0.132 e. The highest BCUT2D eigenvalue weighted by atomic mass is 35.5. The van der Waals surface area contributed by atoms with Gasteiger partial charge in [0, 0.05) is 12.0 Å². The summed E-state index contributed by atoms with van der Waals surface area (Å²) < 4.78 is 0. The Morgan fingerprint density at radius 3 is 2.47 bits per heavy atom. The van der Waals surface area contributed by atoms with E-state index in [0.717, 1.165) is 18.4 Å². The van der Waals surface area contributed by atoms with Gasteiger partial charge in [0.05, 0.1) is 0 Å². The molecule has 0 aliphatic carbocycles. The van der Waals surface area contributed by atoms with Crippen LogP contribution in [0.15, 0.2) is 12.1 Å². The number of pyridine rings is 1. The van der Waals surface area contributed by atoms with E-state index in [9.17, 15) is 0 Å². The lowest BCUT2D eigenvalue weighted by molar-refractivity contribution is 0.737. The molecule has 0 unspecified atom stereocenters. The Hall–Kier alpha value is -0.710. The number of hydrogen-bond acceptors (Lipinski definition) is 1. The highest BCUT2D eigenvalue weighted by Crippen LogP contribution is 2.13. The maximum atomic E-state index is 5.75. The van der Waals surface area contributed by atoms with Crippen LogP contribution in [0.4, 0.5) is 0 Å². The Morgan fingerprint density at radius 2 is 1.87 bits per heavy atom. The zero-order chi connectivity index (χ0) is 11.1. The third-order valence-electron chi connectivity index (χ3n) is 1.90. The monoisotopic (exact) mass is 241 g/mol. The van der Waals surface area contributed by atoms with Gasteiger partial charge in [-0.25, -0.2) is 4.98 Å². The second kappa shape index (κ2) is 6.71. The Bertz CT molecular complexity index is 357. The molecule has 3 heteroatoms. The van der Waals surface area contributed by atoms with Crippen LogP contribution in [0.5, 0.6) is 0 Å². The van der Waals surface area contributed by atoms with Gasteiger partial charge in [0.1, 0.15) is 10.3 Å². The molecule has 0 N–H and O–H groups in total. The van der Waals surface area contributed by atoms with Crippen LogP contribution in [-0.4, -0.2) is 4.98 Å². The van der Waals surface area contributed by atoms with Crippen molar-refractivity contribution < 1.29 is 0 Å². The van der Waals surface area contributed by atoms with Crippen LogP contribution < -0.4 is 0 Å². The molecule has 1 aromatic rings. The van der Waals surface area contributed by atoms with Gasteiger partial charge < -0.3 is 0 Å². The summed E-state index contributed by atoms with van der Waals surface area (Å²) in [7, 11) is 0. The van der Waals surface area contributed by atoms with Crippen LogP contribution in [0.25, 0.3) is 0 Å². The van der Waals surface area contributed by atoms with Crippen LogP contribution in [0, 0.1) is 11.8 Å². The van der Waals surface area contributed by atoms with Gasteiger partial charge in [-0.3, -0.25) is 0 Å². The number of aromatic nitrogens is 1. The van der Waals surface area contributed by atoms with Crippen molar-refractivity contribution in [2.75, 3.05) is 0 Å². The molecule has 1 aromatic heterocycles. The molecule has 0 amide bonds. The van der Waals surface area contributed by atoms with Gasteiger partial charge in [0.15, 0.2) is 0 Å². The molecular formula is C12H13Cl2N. The minimum Gasteiger partial charge on any atom is -0.224 e. The van der Waals surface area contributed by atoms with Gasteiger partial charge in [-0.15, -0.1) is 0 Å². The lowest BCUT2D eigenvalue weighted by Crippen LogP contribution is -1.80. The minimum atomic E-state index is 0.389. The molecule has 1 rings (SSSR count). The Labute approximate surface area is 101 Å². The molecule has 0 aliphatic heterocycles. The van der Waals surface area contributed by atoms with Crippen LogP contribution in [-0.2, 0) is 0 Å². The summed E-state index contributed by atoms with van der Waals surface area (Å²) in [4.78, 5) is 3.86. The third kappa shape index (κ3) is 5.06. The average molecular weight is 242 g/mol. The van der Waals surface area contributed by atoms with E-state index in [-0.39, 0.29) is 0 Å². The molecule has 15 heavy (non-hydrogen) atoms. The van der Waals surface area contributed by atoms with E-state index in [1.807, 2.05) is 0 Å². The summed E-state index contributed by atoms with van der Waals surface area (Å²) in [5, 5.41) is 0.778. The lowest BCUT2D eigenvalue weighted by atomic mass is 10.2. The molecule has 0 radical (unpaired) electrons. The van der Waals surface area contributed by atoms with Crippen LogP contribution in [0.1, 0.15) is 38.2 Å². The standard InChI is InChI=1S/C12H13Cl2N/c1-2-3-4-5-6-7-10-8-11(13)15-12(14)9-10/h8-9H,2-5H2,1H3. The van der Waals surface area contributed by atoms with E-state index in [0.29, 0.717) is 10.3 Å². The summed E-state index contributed by atoms with van der Waals surface area (Å²) in [6.45, 7) is 2.18. The second-order valence-corrected chi connectivity index (χ2v) is 4.03. The van der Waals surface area contributed by atoms with Gasteiger partial charge in [-0.1, -0.05) is 54.8 Å². The molecule has 0 saturated heterocycles. The Morgan fingerprint density at radius 1 is 1.20 bits per heavy atom. The summed E-state index contributed by atoms with van der Waals surface area (Å²) in [6.07, 6.45) is 4.52. The predicted molar refractivity (Wildman–Crippen MR) is 65.3 cm³/mol. The Balaban J connectivity index is 2.55. The van der Waals surface area contributed by atoms with Crippen molar-refractivity contribution in [1.29, 1.82) is 0 Å². The normalized spacial score (nSPS) is 9.53. The topological polar surface area (TPSA) is 12.9 Å². The van der Waals surface area contributed by atoms with E-state index in [1.165, 1.54) is 12.8 Å². The molecular weight excluding hydrogens is 229 g/mol. The second-order valence-electron chi connectivity index (χ2n) is 3.26. The summed E-state index contributed by atoms with van der Waals surface area (Å²) in [6, 6.07) is 3.44. The highest BCUT2D eigenvalue weighted by molar-refractivity contribution is 6.32. The van der Waals surface area contributed by atoms with Crippen LogP contribution in [0.3, 0.4) is 0 Å². The molecule has 0 bridgehead atoms. The van der Waals surface area contributed by atoms with Crippen molar-refractivity contribution in [3.05, 3.63) is 28.0 Å². The summed E-state index contributed by atoms with van der Waals surface area (Å²) >= 11 is 11.5. The number of halogens is 2. The van der Waals surface area contributed by atoms with Gasteiger partial charge >= 0.3 is 0 Å². The number of rotatable bonds is 3. The van der Waals surface area contributed by atoms with Gasteiger partial charge in [-0.2, -0.15) is 0 Å². The van der Waals surface area contributed by atoms with Gasteiger partial charge in [0.25, 0.3) is 0 Å². The van der Waals surface area contributed by atoms with Crippen molar-refractivity contribution in [1.82, 2.24) is 4.98 Å². The molecule has 0 aliphatic rings. The fraction of sp³-hybridized carbons (Fsp3) is 0.417. The molecule has 80 valence electrons. The number of nitrogens with zero attached hydrogens (tertiary/aromatic N) is 1. The summed E-state index contributed by atoms with van der Waals surface area (Å²) in [5.41, 5.74) is 0.830. The smallest absolute Gasteiger partial charge is 0.132 e. The Kier molecular flexibility index (Phi) is 5.53. The lowest BCUT2D eigenvalue weighted by Gasteiger charge is -1.93. The van der Waals surface area contributed by atoms with E-state index in [4.69, 9.17) is 23.2 Å². The molecule has 0 spiro atoms. The van der Waals surface area contributed by atoms with Crippen LogP contribution in [0.2, 0.25) is 10.3 Å². The molecule has 0 aromatic carbocycles. The van der Waals surface area contributed by atoms with E-state index in [1.54, 1.807) is 12.1 Å². The largest absolute Gasteiger partial charge is 0.224 e. The molecule has 0 fully saturated rings. The number of unbranched alkanes of at least 4 members (excludes halogenated alkanes) is 3. The molecule has 0 atom stereocenters. The molecule has 1 nitrogen and oxygen atoms in total. The van der Waals surface area contributed by atoms with E-state index in [2.05, 4.69) is 23.7 Å². The predicted octanol–water partition coefficient (Wildman–Crippen LogP) is 4.32. The van der Waals surface area contributed by atoms with Crippen molar-refractivity contribution in [2.45, 2.75) is 32.6 Å². The van der Waals surface area contributed by atoms with Gasteiger partial charge in [-0.05, 0) is 18.6 Å². The van der Waals surface area contributed by atoms with E-state index < -0.39 is 0 Å². The van der Waals surface area contributed by atoms with Crippen molar-refractivity contribution in [3.8, 4) is 11.8 Å². The fourth-order valence-electron chi connectivity index (χ4n) is 1.17. The first-order valence-corrected chi connectivity index (χ1v) is 5.80. The van der Waals surface area contributed by atoms with E-state index >= 15 is 0 Å². The first kappa shape index (κ1) is 12.4. The minimum absolute atomic E-state index is 0.389. The average Bonchev–Trinajstić information content (AvgIpc) is 2.16. The first-order valence-electron chi connectivity index (χ1n) is 5.04. The quantitative estimate of drug-likeness (QED) is 0.437. The zero-order valence-corrected chi connectivity index (χ0v) is 10.2.